The van der Waals surface area contributed by atoms with Gasteiger partial charge in [-0.05, 0) is 43.0 Å². The van der Waals surface area contributed by atoms with Crippen molar-refractivity contribution in [2.75, 3.05) is 13.2 Å². The normalized spacial score (nSPS) is 16.6. The third kappa shape index (κ3) is 4.77. The maximum Gasteiger partial charge on any atom is 0.261 e. The van der Waals surface area contributed by atoms with Crippen LogP contribution in [-0.2, 0) is 11.2 Å². The summed E-state index contributed by atoms with van der Waals surface area (Å²) in [6, 6.07) is 11.1. The van der Waals surface area contributed by atoms with Crippen molar-refractivity contribution < 1.29 is 13.9 Å². The second-order valence-electron chi connectivity index (χ2n) is 7.01. The molecule has 4 rings (SSSR count). The number of nitrogens with zero attached hydrogens (tertiary/aromatic N) is 3. The maximum atomic E-state index is 12.8. The number of carbonyl (C=O) groups is 1. The first-order valence-corrected chi connectivity index (χ1v) is 10.1. The van der Waals surface area contributed by atoms with Crippen molar-refractivity contribution in [2.45, 2.75) is 31.7 Å². The Balaban J connectivity index is 1.44. The highest BCUT2D eigenvalue weighted by Gasteiger charge is 2.31. The minimum atomic E-state index is -0.172. The van der Waals surface area contributed by atoms with Crippen LogP contribution in [-0.4, -0.2) is 33.9 Å². The molecule has 1 saturated heterocycles. The van der Waals surface area contributed by atoms with Gasteiger partial charge in [-0.3, -0.25) is 9.78 Å². The number of ether oxygens (including phenoxy) is 1. The van der Waals surface area contributed by atoms with E-state index in [1.807, 2.05) is 29.2 Å². The van der Waals surface area contributed by atoms with Gasteiger partial charge in [-0.2, -0.15) is 0 Å². The van der Waals surface area contributed by atoms with E-state index in [4.69, 9.17) is 20.8 Å². The SMILES string of the molecule is O=C(COc1cccnc1)N1CCCCC1c1ncc(Cc2ccccc2Cl)o1. The number of pyridine rings is 1. The molecule has 0 aliphatic carbocycles. The van der Waals surface area contributed by atoms with Crippen LogP contribution in [0.4, 0.5) is 0 Å². The number of hydrogen-bond acceptors (Lipinski definition) is 5. The fraction of sp³-hybridized carbons (Fsp3) is 0.318. The number of benzene rings is 1. The molecule has 1 atom stereocenters. The first-order chi connectivity index (χ1) is 14.2. The van der Waals surface area contributed by atoms with Crippen LogP contribution in [0.2, 0.25) is 5.02 Å². The highest BCUT2D eigenvalue weighted by molar-refractivity contribution is 6.31. The summed E-state index contributed by atoms with van der Waals surface area (Å²) in [5.41, 5.74) is 0.985. The molecule has 0 radical (unpaired) electrons. The Morgan fingerprint density at radius 3 is 2.93 bits per heavy atom. The van der Waals surface area contributed by atoms with Gasteiger partial charge >= 0.3 is 0 Å². The summed E-state index contributed by atoms with van der Waals surface area (Å²) in [5.74, 6) is 1.80. The van der Waals surface area contributed by atoms with Gasteiger partial charge in [-0.25, -0.2) is 4.98 Å². The molecule has 6 nitrogen and oxygen atoms in total. The molecule has 0 N–H and O–H groups in total. The highest BCUT2D eigenvalue weighted by atomic mass is 35.5. The fourth-order valence-electron chi connectivity index (χ4n) is 3.54. The Hall–Kier alpha value is -2.86. The molecule has 150 valence electrons. The zero-order valence-corrected chi connectivity index (χ0v) is 16.7. The average molecular weight is 412 g/mol. The van der Waals surface area contributed by atoms with Crippen LogP contribution in [0.3, 0.4) is 0 Å². The van der Waals surface area contributed by atoms with Crippen molar-refractivity contribution in [1.82, 2.24) is 14.9 Å². The zero-order valence-electron chi connectivity index (χ0n) is 16.0. The van der Waals surface area contributed by atoms with E-state index in [9.17, 15) is 4.79 Å². The second-order valence-corrected chi connectivity index (χ2v) is 7.42. The molecule has 29 heavy (non-hydrogen) atoms. The Kier molecular flexibility index (Phi) is 6.10. The molecule has 2 aromatic heterocycles. The van der Waals surface area contributed by atoms with Crippen LogP contribution >= 0.6 is 11.6 Å². The van der Waals surface area contributed by atoms with Crippen molar-refractivity contribution in [3.63, 3.8) is 0 Å². The van der Waals surface area contributed by atoms with Crippen molar-refractivity contribution >= 4 is 17.5 Å². The molecule has 1 aliphatic rings. The number of amides is 1. The number of rotatable bonds is 6. The first-order valence-electron chi connectivity index (χ1n) is 9.71. The van der Waals surface area contributed by atoms with Crippen molar-refractivity contribution in [3.05, 3.63) is 77.2 Å². The molecule has 0 bridgehead atoms. The molecule has 3 aromatic rings. The fourth-order valence-corrected chi connectivity index (χ4v) is 3.74. The largest absolute Gasteiger partial charge is 0.482 e. The number of halogens is 1. The molecule has 0 saturated carbocycles. The summed E-state index contributed by atoms with van der Waals surface area (Å²) in [6.07, 6.45) is 8.36. The molecule has 1 amide bonds. The maximum absolute atomic E-state index is 12.8. The van der Waals surface area contributed by atoms with E-state index in [1.165, 1.54) is 0 Å². The number of hydrogen-bond donors (Lipinski definition) is 0. The van der Waals surface area contributed by atoms with Gasteiger partial charge in [0, 0.05) is 24.2 Å². The molecule has 7 heteroatoms. The van der Waals surface area contributed by atoms with Gasteiger partial charge in [0.2, 0.25) is 5.89 Å². The Bertz CT molecular complexity index is 961. The van der Waals surface area contributed by atoms with E-state index in [1.54, 1.807) is 30.7 Å². The Morgan fingerprint density at radius 2 is 2.10 bits per heavy atom. The van der Waals surface area contributed by atoms with Gasteiger partial charge in [0.25, 0.3) is 5.91 Å². The highest BCUT2D eigenvalue weighted by Crippen LogP contribution is 2.31. The third-order valence-electron chi connectivity index (χ3n) is 5.00. The quantitative estimate of drug-likeness (QED) is 0.599. The van der Waals surface area contributed by atoms with E-state index in [0.29, 0.717) is 29.6 Å². The molecular formula is C22H22ClN3O3. The van der Waals surface area contributed by atoms with E-state index >= 15 is 0 Å². The lowest BCUT2D eigenvalue weighted by atomic mass is 10.0. The van der Waals surface area contributed by atoms with Crippen LogP contribution < -0.4 is 4.74 Å². The van der Waals surface area contributed by atoms with Gasteiger partial charge in [-0.15, -0.1) is 0 Å². The minimum Gasteiger partial charge on any atom is -0.482 e. The summed E-state index contributed by atoms with van der Waals surface area (Å²) in [7, 11) is 0. The third-order valence-corrected chi connectivity index (χ3v) is 5.37. The van der Waals surface area contributed by atoms with Gasteiger partial charge in [-0.1, -0.05) is 29.8 Å². The summed E-state index contributed by atoms with van der Waals surface area (Å²) >= 11 is 6.25. The minimum absolute atomic E-state index is 0.0324. The predicted molar refractivity (Wildman–Crippen MR) is 109 cm³/mol. The van der Waals surface area contributed by atoms with E-state index < -0.39 is 0 Å². The lowest BCUT2D eigenvalue weighted by Crippen LogP contribution is -2.41. The van der Waals surface area contributed by atoms with E-state index in [0.717, 1.165) is 30.6 Å². The monoisotopic (exact) mass is 411 g/mol. The molecular weight excluding hydrogens is 390 g/mol. The topological polar surface area (TPSA) is 68.5 Å². The van der Waals surface area contributed by atoms with E-state index in [2.05, 4.69) is 9.97 Å². The van der Waals surface area contributed by atoms with Crippen LogP contribution in [0.25, 0.3) is 0 Å². The van der Waals surface area contributed by atoms with Crippen molar-refractivity contribution in [1.29, 1.82) is 0 Å². The molecule has 0 spiro atoms. The zero-order chi connectivity index (χ0) is 20.1. The average Bonchev–Trinajstić information content (AvgIpc) is 3.23. The molecule has 1 unspecified atom stereocenters. The number of oxazole rings is 1. The summed E-state index contributed by atoms with van der Waals surface area (Å²) in [4.78, 5) is 23.1. The van der Waals surface area contributed by atoms with Crippen LogP contribution in [0.1, 0.15) is 42.5 Å². The summed E-state index contributed by atoms with van der Waals surface area (Å²) in [5, 5.41) is 0.701. The van der Waals surface area contributed by atoms with Crippen LogP contribution in [0.15, 0.2) is 59.4 Å². The molecule has 3 heterocycles. The molecule has 1 aromatic carbocycles. The number of piperidine rings is 1. The standard InChI is InChI=1S/C22H22ClN3O3/c23-19-8-2-1-6-16(19)12-18-14-25-22(29-18)20-9-3-4-11-26(20)21(27)15-28-17-7-5-10-24-13-17/h1-2,5-8,10,13-14,20H,3-4,9,11-12,15H2. The van der Waals surface area contributed by atoms with Gasteiger partial charge in [0.15, 0.2) is 6.61 Å². The Labute approximate surface area is 174 Å². The Morgan fingerprint density at radius 1 is 1.21 bits per heavy atom. The first kappa shape index (κ1) is 19.5. The van der Waals surface area contributed by atoms with Gasteiger partial charge in [0.05, 0.1) is 12.4 Å². The number of likely N-dealkylation sites (tertiary alicyclic amines) is 1. The molecule has 1 fully saturated rings. The van der Waals surface area contributed by atoms with Crippen molar-refractivity contribution in [2.24, 2.45) is 0 Å². The van der Waals surface area contributed by atoms with Gasteiger partial charge in [0.1, 0.15) is 17.6 Å². The summed E-state index contributed by atoms with van der Waals surface area (Å²) in [6.45, 7) is 0.636. The summed E-state index contributed by atoms with van der Waals surface area (Å²) < 4.78 is 11.6. The smallest absolute Gasteiger partial charge is 0.261 e. The second kappa shape index (κ2) is 9.09. The number of aromatic nitrogens is 2. The molecule has 1 aliphatic heterocycles. The van der Waals surface area contributed by atoms with E-state index in [-0.39, 0.29) is 18.6 Å². The van der Waals surface area contributed by atoms with Crippen molar-refractivity contribution in [3.8, 4) is 5.75 Å². The lowest BCUT2D eigenvalue weighted by Gasteiger charge is -2.33. The van der Waals surface area contributed by atoms with Crippen LogP contribution in [0.5, 0.6) is 5.75 Å². The van der Waals surface area contributed by atoms with Crippen LogP contribution in [0, 0.1) is 0 Å². The predicted octanol–water partition coefficient (Wildman–Crippen LogP) is 4.45. The van der Waals surface area contributed by atoms with Gasteiger partial charge < -0.3 is 14.1 Å². The lowest BCUT2D eigenvalue weighted by molar-refractivity contribution is -0.137. The number of carbonyl (C=O) groups excluding carboxylic acids is 1.